The van der Waals surface area contributed by atoms with E-state index < -0.39 is 0 Å². The second-order valence-electron chi connectivity index (χ2n) is 5.11. The maximum absolute atomic E-state index is 12.8. The number of hydrogen-bond donors (Lipinski definition) is 0. The summed E-state index contributed by atoms with van der Waals surface area (Å²) in [5, 5.41) is 0.832. The van der Waals surface area contributed by atoms with Gasteiger partial charge >= 0.3 is 0 Å². The molecular weight excluding hydrogens is 370 g/mol. The molecule has 1 aliphatic rings. The number of amides is 1. The fourth-order valence-electron chi connectivity index (χ4n) is 2.71. The molecule has 1 saturated carbocycles. The lowest BCUT2D eigenvalue weighted by molar-refractivity contribution is 0.0695. The molecule has 1 aromatic carbocycles. The van der Waals surface area contributed by atoms with Gasteiger partial charge in [-0.1, -0.05) is 40.4 Å². The number of halogens is 2. The van der Waals surface area contributed by atoms with Crippen LogP contribution in [0.25, 0.3) is 0 Å². The molecule has 0 heterocycles. The molecule has 2 rings (SSSR count). The van der Waals surface area contributed by atoms with Gasteiger partial charge < -0.3 is 4.90 Å². The monoisotopic (exact) mass is 387 g/mol. The summed E-state index contributed by atoms with van der Waals surface area (Å²) in [5.41, 5.74) is 1.91. The van der Waals surface area contributed by atoms with E-state index in [1.807, 2.05) is 30.0 Å². The van der Waals surface area contributed by atoms with E-state index in [4.69, 9.17) is 0 Å². The number of alkyl halides is 1. The van der Waals surface area contributed by atoms with Crippen LogP contribution in [-0.4, -0.2) is 28.7 Å². The summed E-state index contributed by atoms with van der Waals surface area (Å²) < 4.78 is 0.890. The van der Waals surface area contributed by atoms with Gasteiger partial charge in [0, 0.05) is 22.4 Å². The van der Waals surface area contributed by atoms with Gasteiger partial charge in [0.05, 0.1) is 5.56 Å². The standard InChI is InChI=1S/C15H19Br2NO/c1-11-6-7-14(17)13(10-11)15(19)18(9-8-16)12-4-2-3-5-12/h6-7,10,12H,2-5,8-9H2,1H3. The molecule has 1 aromatic rings. The highest BCUT2D eigenvalue weighted by Gasteiger charge is 2.27. The smallest absolute Gasteiger partial charge is 0.255 e. The lowest BCUT2D eigenvalue weighted by atomic mass is 10.1. The molecule has 0 atom stereocenters. The summed E-state index contributed by atoms with van der Waals surface area (Å²) in [5.74, 6) is 0.155. The van der Waals surface area contributed by atoms with Crippen molar-refractivity contribution in [2.75, 3.05) is 11.9 Å². The van der Waals surface area contributed by atoms with Crippen molar-refractivity contribution in [1.29, 1.82) is 0 Å². The highest BCUT2D eigenvalue weighted by Crippen LogP contribution is 2.27. The Balaban J connectivity index is 2.25. The molecule has 1 aliphatic carbocycles. The highest BCUT2D eigenvalue weighted by atomic mass is 79.9. The van der Waals surface area contributed by atoms with Gasteiger partial charge in [0.2, 0.25) is 0 Å². The number of carbonyl (C=O) groups is 1. The van der Waals surface area contributed by atoms with E-state index in [-0.39, 0.29) is 5.91 Å². The predicted octanol–water partition coefficient (Wildman–Crippen LogP) is 4.54. The van der Waals surface area contributed by atoms with E-state index in [1.165, 1.54) is 12.8 Å². The third-order valence-electron chi connectivity index (χ3n) is 3.70. The van der Waals surface area contributed by atoms with Gasteiger partial charge in [0.25, 0.3) is 5.91 Å². The second kappa shape index (κ2) is 6.89. The van der Waals surface area contributed by atoms with Crippen LogP contribution in [0.15, 0.2) is 22.7 Å². The molecule has 19 heavy (non-hydrogen) atoms. The number of benzene rings is 1. The topological polar surface area (TPSA) is 20.3 Å². The Labute approximate surface area is 131 Å². The molecule has 104 valence electrons. The molecule has 0 aliphatic heterocycles. The average Bonchev–Trinajstić information content (AvgIpc) is 2.92. The van der Waals surface area contributed by atoms with E-state index in [1.54, 1.807) is 0 Å². The van der Waals surface area contributed by atoms with Crippen LogP contribution in [0.5, 0.6) is 0 Å². The first-order chi connectivity index (χ1) is 9.13. The van der Waals surface area contributed by atoms with E-state index in [0.717, 1.165) is 40.3 Å². The van der Waals surface area contributed by atoms with Crippen molar-refractivity contribution in [3.05, 3.63) is 33.8 Å². The quantitative estimate of drug-likeness (QED) is 0.693. The first kappa shape index (κ1) is 15.0. The van der Waals surface area contributed by atoms with Crippen molar-refractivity contribution >= 4 is 37.8 Å². The summed E-state index contributed by atoms with van der Waals surface area (Å²) in [7, 11) is 0. The Bertz CT molecular complexity index is 455. The molecule has 1 amide bonds. The summed E-state index contributed by atoms with van der Waals surface area (Å²) >= 11 is 6.97. The lowest BCUT2D eigenvalue weighted by Crippen LogP contribution is -2.40. The minimum Gasteiger partial charge on any atom is -0.335 e. The zero-order valence-electron chi connectivity index (χ0n) is 11.2. The van der Waals surface area contributed by atoms with Crippen molar-refractivity contribution in [1.82, 2.24) is 4.90 Å². The molecular formula is C15H19Br2NO. The van der Waals surface area contributed by atoms with Crippen LogP contribution in [0, 0.1) is 6.92 Å². The molecule has 0 spiro atoms. The Morgan fingerprint density at radius 3 is 2.68 bits per heavy atom. The first-order valence-electron chi connectivity index (χ1n) is 6.76. The zero-order valence-corrected chi connectivity index (χ0v) is 14.3. The minimum atomic E-state index is 0.155. The van der Waals surface area contributed by atoms with E-state index in [0.29, 0.717) is 6.04 Å². The molecule has 0 N–H and O–H groups in total. The summed E-state index contributed by atoms with van der Waals surface area (Å²) in [4.78, 5) is 14.8. The van der Waals surface area contributed by atoms with E-state index in [2.05, 4.69) is 31.9 Å². The maximum Gasteiger partial charge on any atom is 0.255 e. The van der Waals surface area contributed by atoms with Gasteiger partial charge in [0.15, 0.2) is 0 Å². The average molecular weight is 389 g/mol. The highest BCUT2D eigenvalue weighted by molar-refractivity contribution is 9.10. The van der Waals surface area contributed by atoms with Crippen LogP contribution >= 0.6 is 31.9 Å². The largest absolute Gasteiger partial charge is 0.335 e. The molecule has 2 nitrogen and oxygen atoms in total. The molecule has 4 heteroatoms. The molecule has 0 saturated heterocycles. The molecule has 0 unspecified atom stereocenters. The summed E-state index contributed by atoms with van der Waals surface area (Å²) in [6.07, 6.45) is 4.77. The van der Waals surface area contributed by atoms with E-state index >= 15 is 0 Å². The Morgan fingerprint density at radius 1 is 1.37 bits per heavy atom. The third-order valence-corrected chi connectivity index (χ3v) is 4.75. The van der Waals surface area contributed by atoms with Gasteiger partial charge in [-0.3, -0.25) is 4.79 Å². The van der Waals surface area contributed by atoms with Crippen molar-refractivity contribution in [2.24, 2.45) is 0 Å². The maximum atomic E-state index is 12.8. The predicted molar refractivity (Wildman–Crippen MR) is 86.0 cm³/mol. The number of aryl methyl sites for hydroxylation is 1. The summed E-state index contributed by atoms with van der Waals surface area (Å²) in [6, 6.07) is 6.37. The van der Waals surface area contributed by atoms with Crippen LogP contribution < -0.4 is 0 Å². The van der Waals surface area contributed by atoms with Crippen LogP contribution in [0.1, 0.15) is 41.6 Å². The van der Waals surface area contributed by atoms with Gasteiger partial charge in [-0.2, -0.15) is 0 Å². The molecule has 0 bridgehead atoms. The normalized spacial score (nSPS) is 15.7. The van der Waals surface area contributed by atoms with Gasteiger partial charge in [0.1, 0.15) is 0 Å². The van der Waals surface area contributed by atoms with Crippen molar-refractivity contribution < 1.29 is 4.79 Å². The minimum absolute atomic E-state index is 0.155. The lowest BCUT2D eigenvalue weighted by Gasteiger charge is -2.29. The van der Waals surface area contributed by atoms with Crippen LogP contribution in [0.3, 0.4) is 0 Å². The van der Waals surface area contributed by atoms with Gasteiger partial charge in [-0.25, -0.2) is 0 Å². The van der Waals surface area contributed by atoms with Crippen molar-refractivity contribution in [2.45, 2.75) is 38.6 Å². The number of carbonyl (C=O) groups excluding carboxylic acids is 1. The van der Waals surface area contributed by atoms with Crippen LogP contribution in [0.4, 0.5) is 0 Å². The second-order valence-corrected chi connectivity index (χ2v) is 6.76. The van der Waals surface area contributed by atoms with Crippen LogP contribution in [-0.2, 0) is 0 Å². The Morgan fingerprint density at radius 2 is 2.05 bits per heavy atom. The van der Waals surface area contributed by atoms with Gasteiger partial charge in [-0.05, 0) is 47.8 Å². The molecule has 1 fully saturated rings. The molecule has 0 aromatic heterocycles. The van der Waals surface area contributed by atoms with Crippen LogP contribution in [0.2, 0.25) is 0 Å². The van der Waals surface area contributed by atoms with Crippen molar-refractivity contribution in [3.8, 4) is 0 Å². The number of hydrogen-bond acceptors (Lipinski definition) is 1. The van der Waals surface area contributed by atoms with Gasteiger partial charge in [-0.15, -0.1) is 0 Å². The van der Waals surface area contributed by atoms with Crippen molar-refractivity contribution in [3.63, 3.8) is 0 Å². The Kier molecular flexibility index (Phi) is 5.46. The zero-order chi connectivity index (χ0) is 13.8. The fraction of sp³-hybridized carbons (Fsp3) is 0.533. The first-order valence-corrected chi connectivity index (χ1v) is 8.68. The SMILES string of the molecule is Cc1ccc(Br)c(C(=O)N(CCBr)C2CCCC2)c1. The summed E-state index contributed by atoms with van der Waals surface area (Å²) in [6.45, 7) is 2.80. The van der Waals surface area contributed by atoms with E-state index in [9.17, 15) is 4.79 Å². The number of nitrogens with zero attached hydrogens (tertiary/aromatic N) is 1. The molecule has 0 radical (unpaired) electrons. The third kappa shape index (κ3) is 3.60. The Hall–Kier alpha value is -0.350. The fourth-order valence-corrected chi connectivity index (χ4v) is 3.51. The number of rotatable bonds is 4.